The fraction of sp³-hybridized carbons (Fsp3) is 0.200. The summed E-state index contributed by atoms with van der Waals surface area (Å²) in [6, 6.07) is 7.55. The van der Waals surface area contributed by atoms with Crippen molar-refractivity contribution in [1.29, 1.82) is 5.26 Å². The highest BCUT2D eigenvalue weighted by molar-refractivity contribution is 6.35. The van der Waals surface area contributed by atoms with Gasteiger partial charge in [0.1, 0.15) is 12.4 Å². The Labute approximate surface area is 177 Å². The molecule has 146 valence electrons. The molecule has 0 amide bonds. The van der Waals surface area contributed by atoms with Crippen LogP contribution in [0.3, 0.4) is 0 Å². The predicted molar refractivity (Wildman–Crippen MR) is 113 cm³/mol. The average molecular weight is 426 g/mol. The summed E-state index contributed by atoms with van der Waals surface area (Å²) in [7, 11) is 0. The first-order valence-electron chi connectivity index (χ1n) is 8.95. The van der Waals surface area contributed by atoms with Gasteiger partial charge in [-0.15, -0.1) is 5.10 Å². The molecule has 2 heterocycles. The second kappa shape index (κ2) is 8.11. The zero-order valence-corrected chi connectivity index (χ0v) is 17.1. The lowest BCUT2D eigenvalue weighted by Gasteiger charge is -2.19. The van der Waals surface area contributed by atoms with Crippen LogP contribution in [0.2, 0.25) is 10.0 Å². The lowest BCUT2D eigenvalue weighted by atomic mass is 10.0. The zero-order valence-electron chi connectivity index (χ0n) is 15.5. The molecule has 0 saturated heterocycles. The first-order valence-corrected chi connectivity index (χ1v) is 9.71. The van der Waals surface area contributed by atoms with Gasteiger partial charge in [0.25, 0.3) is 0 Å². The van der Waals surface area contributed by atoms with Gasteiger partial charge in [-0.05, 0) is 37.1 Å². The number of aryl methyl sites for hydroxylation is 1. The third-order valence-corrected chi connectivity index (χ3v) is 5.10. The van der Waals surface area contributed by atoms with Gasteiger partial charge in [0.05, 0.1) is 35.9 Å². The summed E-state index contributed by atoms with van der Waals surface area (Å²) in [6.45, 7) is 2.40. The summed E-state index contributed by atoms with van der Waals surface area (Å²) in [6.07, 6.45) is 9.86. The van der Waals surface area contributed by atoms with Crippen LogP contribution in [0.1, 0.15) is 17.7 Å². The highest BCUT2D eigenvalue weighted by Crippen LogP contribution is 2.25. The van der Waals surface area contributed by atoms with Crippen LogP contribution in [0.4, 0.5) is 5.95 Å². The van der Waals surface area contributed by atoms with Crippen molar-refractivity contribution in [2.45, 2.75) is 25.9 Å². The van der Waals surface area contributed by atoms with Crippen molar-refractivity contribution in [3.05, 3.63) is 76.1 Å². The summed E-state index contributed by atoms with van der Waals surface area (Å²) < 4.78 is 3.56. The fourth-order valence-electron chi connectivity index (χ4n) is 3.12. The van der Waals surface area contributed by atoms with E-state index in [1.54, 1.807) is 29.5 Å². The second-order valence-electron chi connectivity index (χ2n) is 6.69. The Balaban J connectivity index is 1.45. The minimum Gasteiger partial charge on any atom is -0.346 e. The van der Waals surface area contributed by atoms with Crippen LogP contribution in [0.15, 0.2) is 54.8 Å². The van der Waals surface area contributed by atoms with Crippen LogP contribution < -0.4 is 5.32 Å². The average Bonchev–Trinajstić information content (AvgIpc) is 3.33. The maximum atomic E-state index is 9.55. The quantitative estimate of drug-likeness (QED) is 0.657. The van der Waals surface area contributed by atoms with Crippen molar-refractivity contribution >= 4 is 34.8 Å². The number of nitrogens with zero attached hydrogens (tertiary/aromatic N) is 6. The number of nitriles is 1. The number of imidazole rings is 1. The maximum Gasteiger partial charge on any atom is 0.242 e. The van der Waals surface area contributed by atoms with Gasteiger partial charge in [-0.25, -0.2) is 14.6 Å². The van der Waals surface area contributed by atoms with E-state index in [0.717, 1.165) is 17.0 Å². The molecule has 1 aromatic carbocycles. The Morgan fingerprint density at radius 2 is 2.14 bits per heavy atom. The molecule has 0 aliphatic heterocycles. The van der Waals surface area contributed by atoms with E-state index in [1.807, 2.05) is 35.9 Å². The molecule has 9 heteroatoms. The minimum atomic E-state index is -0.0759. The standard InChI is InChI=1S/C20H17Cl2N7/c1-13-9-28(11-24-13)19-5-4-17(6-15(19)8-23)26-20-25-12-29(27-20)10-14-2-3-16(21)7-18(14)22/h2-3,5-7,9,11-12,17H,4,10H2,1H3,(H,26,27). The number of benzene rings is 1. The van der Waals surface area contributed by atoms with Crippen molar-refractivity contribution < 1.29 is 0 Å². The van der Waals surface area contributed by atoms with Crippen LogP contribution >= 0.6 is 23.2 Å². The first-order chi connectivity index (χ1) is 14.0. The Bertz CT molecular complexity index is 1150. The number of nitrogens with one attached hydrogen (secondary N) is 1. The van der Waals surface area contributed by atoms with E-state index in [2.05, 4.69) is 26.5 Å². The molecule has 1 N–H and O–H groups in total. The van der Waals surface area contributed by atoms with E-state index in [1.165, 1.54) is 0 Å². The van der Waals surface area contributed by atoms with Crippen molar-refractivity contribution in [2.24, 2.45) is 0 Å². The van der Waals surface area contributed by atoms with Crippen molar-refractivity contribution in [3.63, 3.8) is 0 Å². The molecule has 0 bridgehead atoms. The van der Waals surface area contributed by atoms with E-state index in [0.29, 0.717) is 34.5 Å². The number of rotatable bonds is 5. The van der Waals surface area contributed by atoms with Crippen molar-refractivity contribution in [1.82, 2.24) is 24.3 Å². The van der Waals surface area contributed by atoms with Crippen molar-refractivity contribution in [3.8, 4) is 6.07 Å². The number of allylic oxidation sites excluding steroid dienone is 2. The zero-order chi connectivity index (χ0) is 20.4. The van der Waals surface area contributed by atoms with Gasteiger partial charge in [-0.2, -0.15) is 5.26 Å². The molecule has 4 rings (SSSR count). The molecular formula is C20H17Cl2N7. The van der Waals surface area contributed by atoms with E-state index in [-0.39, 0.29) is 6.04 Å². The molecule has 0 saturated carbocycles. The number of hydrogen-bond donors (Lipinski definition) is 1. The molecule has 0 spiro atoms. The van der Waals surface area contributed by atoms with Crippen molar-refractivity contribution in [2.75, 3.05) is 5.32 Å². The topological polar surface area (TPSA) is 84.4 Å². The maximum absolute atomic E-state index is 9.55. The number of anilines is 1. The molecule has 0 fully saturated rings. The van der Waals surface area contributed by atoms with E-state index in [9.17, 15) is 5.26 Å². The molecule has 2 aromatic heterocycles. The van der Waals surface area contributed by atoms with Crippen LogP contribution in [-0.2, 0) is 6.54 Å². The molecule has 29 heavy (non-hydrogen) atoms. The highest BCUT2D eigenvalue weighted by atomic mass is 35.5. The molecule has 1 aliphatic rings. The van der Waals surface area contributed by atoms with Gasteiger partial charge in [0.15, 0.2) is 0 Å². The Morgan fingerprint density at radius 3 is 2.86 bits per heavy atom. The lowest BCUT2D eigenvalue weighted by molar-refractivity contribution is 0.684. The smallest absolute Gasteiger partial charge is 0.242 e. The summed E-state index contributed by atoms with van der Waals surface area (Å²) in [5.41, 5.74) is 3.22. The molecule has 7 nitrogen and oxygen atoms in total. The van der Waals surface area contributed by atoms with E-state index in [4.69, 9.17) is 23.2 Å². The van der Waals surface area contributed by atoms with Gasteiger partial charge in [0.2, 0.25) is 5.95 Å². The van der Waals surface area contributed by atoms with Gasteiger partial charge in [0, 0.05) is 16.2 Å². The summed E-state index contributed by atoms with van der Waals surface area (Å²) in [5, 5.41) is 18.4. The fourth-order valence-corrected chi connectivity index (χ4v) is 3.59. The van der Waals surface area contributed by atoms with Gasteiger partial charge in [-0.3, -0.25) is 0 Å². The first kappa shape index (κ1) is 19.2. The summed E-state index contributed by atoms with van der Waals surface area (Å²) in [5.74, 6) is 0.490. The Kier molecular flexibility index (Phi) is 5.38. The third kappa shape index (κ3) is 4.34. The summed E-state index contributed by atoms with van der Waals surface area (Å²) >= 11 is 12.2. The number of hydrogen-bond acceptors (Lipinski definition) is 5. The van der Waals surface area contributed by atoms with Crippen LogP contribution in [0.5, 0.6) is 0 Å². The monoisotopic (exact) mass is 425 g/mol. The number of halogens is 2. The van der Waals surface area contributed by atoms with Crippen LogP contribution in [-0.4, -0.2) is 30.4 Å². The van der Waals surface area contributed by atoms with Gasteiger partial charge < -0.3 is 9.88 Å². The van der Waals surface area contributed by atoms with E-state index < -0.39 is 0 Å². The Morgan fingerprint density at radius 1 is 1.28 bits per heavy atom. The molecule has 3 aromatic rings. The number of aromatic nitrogens is 5. The molecule has 0 radical (unpaired) electrons. The summed E-state index contributed by atoms with van der Waals surface area (Å²) in [4.78, 5) is 8.53. The SMILES string of the molecule is Cc1cn(C2=CCC(Nc3ncn(Cc4ccc(Cl)cc4Cl)n3)C=C2C#N)cn1. The largest absolute Gasteiger partial charge is 0.346 e. The second-order valence-corrected chi connectivity index (χ2v) is 7.54. The van der Waals surface area contributed by atoms with Crippen LogP contribution in [0.25, 0.3) is 5.70 Å². The van der Waals surface area contributed by atoms with E-state index >= 15 is 0 Å². The van der Waals surface area contributed by atoms with Gasteiger partial charge in [-0.1, -0.05) is 35.3 Å². The molecule has 1 aliphatic carbocycles. The normalized spacial score (nSPS) is 16.1. The molecular weight excluding hydrogens is 409 g/mol. The minimum absolute atomic E-state index is 0.0759. The third-order valence-electron chi connectivity index (χ3n) is 4.52. The predicted octanol–water partition coefficient (Wildman–Crippen LogP) is 4.31. The lowest BCUT2D eigenvalue weighted by Crippen LogP contribution is -2.21. The Hall–Kier alpha value is -3.08. The van der Waals surface area contributed by atoms with Gasteiger partial charge >= 0.3 is 0 Å². The van der Waals surface area contributed by atoms with Crippen LogP contribution in [0, 0.1) is 18.3 Å². The highest BCUT2D eigenvalue weighted by Gasteiger charge is 2.18. The molecule has 1 unspecified atom stereocenters. The molecule has 1 atom stereocenters.